The second kappa shape index (κ2) is 10.6. The van der Waals surface area contributed by atoms with Crippen molar-refractivity contribution in [1.82, 2.24) is 5.32 Å². The summed E-state index contributed by atoms with van der Waals surface area (Å²) >= 11 is 0. The molecule has 21 heavy (non-hydrogen) atoms. The highest BCUT2D eigenvalue weighted by atomic mass is 14.8. The predicted molar refractivity (Wildman–Crippen MR) is 93.6 cm³/mol. The van der Waals surface area contributed by atoms with Crippen LogP contribution in [0.15, 0.2) is 55.1 Å². The highest BCUT2D eigenvalue weighted by molar-refractivity contribution is 5.69. The summed E-state index contributed by atoms with van der Waals surface area (Å²) in [6.45, 7) is 7.46. The SMILES string of the molecule is C=CC.CCCc1ccccc1/C1=C/C=C\CCC#CN1. The van der Waals surface area contributed by atoms with Crippen LogP contribution in [-0.4, -0.2) is 0 Å². The summed E-state index contributed by atoms with van der Waals surface area (Å²) in [7, 11) is 0. The first kappa shape index (κ1) is 16.9. The van der Waals surface area contributed by atoms with E-state index in [1.807, 2.05) is 6.92 Å². The smallest absolute Gasteiger partial charge is 0.0534 e. The van der Waals surface area contributed by atoms with E-state index in [0.717, 1.165) is 31.4 Å². The van der Waals surface area contributed by atoms with E-state index in [1.54, 1.807) is 6.08 Å². The summed E-state index contributed by atoms with van der Waals surface area (Å²) in [5.41, 5.74) is 3.75. The molecule has 2 rings (SSSR count). The molecule has 1 aliphatic rings. The van der Waals surface area contributed by atoms with Gasteiger partial charge in [-0.25, -0.2) is 0 Å². The second-order valence-corrected chi connectivity index (χ2v) is 4.79. The first-order chi connectivity index (χ1) is 10.3. The Labute approximate surface area is 129 Å². The predicted octanol–water partition coefficient (Wildman–Crippen LogP) is 5.07. The molecule has 0 amide bonds. The Balaban J connectivity index is 0.000000677. The molecule has 0 bridgehead atoms. The van der Waals surface area contributed by atoms with E-state index in [4.69, 9.17) is 0 Å². The van der Waals surface area contributed by atoms with E-state index in [9.17, 15) is 0 Å². The van der Waals surface area contributed by atoms with Gasteiger partial charge in [-0.1, -0.05) is 61.8 Å². The van der Waals surface area contributed by atoms with Gasteiger partial charge in [0, 0.05) is 18.0 Å². The molecule has 0 saturated carbocycles. The number of hydrogen-bond donors (Lipinski definition) is 1. The Morgan fingerprint density at radius 1 is 1.33 bits per heavy atom. The zero-order valence-electron chi connectivity index (χ0n) is 13.2. The van der Waals surface area contributed by atoms with Crippen molar-refractivity contribution in [3.63, 3.8) is 0 Å². The van der Waals surface area contributed by atoms with E-state index >= 15 is 0 Å². The fourth-order valence-electron chi connectivity index (χ4n) is 2.06. The molecular weight excluding hydrogens is 254 g/mol. The molecule has 0 unspecified atom stereocenters. The van der Waals surface area contributed by atoms with Gasteiger partial charge in [0.25, 0.3) is 0 Å². The number of allylic oxidation sites excluding steroid dienone is 4. The lowest BCUT2D eigenvalue weighted by atomic mass is 10.0. The van der Waals surface area contributed by atoms with Crippen molar-refractivity contribution in [2.45, 2.75) is 39.5 Å². The molecule has 0 fully saturated rings. The van der Waals surface area contributed by atoms with Gasteiger partial charge < -0.3 is 5.32 Å². The molecule has 1 N–H and O–H groups in total. The quantitative estimate of drug-likeness (QED) is 0.601. The number of rotatable bonds is 3. The van der Waals surface area contributed by atoms with Gasteiger partial charge in [0.2, 0.25) is 0 Å². The summed E-state index contributed by atoms with van der Waals surface area (Å²) in [4.78, 5) is 0. The first-order valence-corrected chi connectivity index (χ1v) is 7.59. The average molecular weight is 279 g/mol. The minimum atomic E-state index is 0.918. The topological polar surface area (TPSA) is 12.0 Å². The number of aryl methyl sites for hydroxylation is 1. The maximum absolute atomic E-state index is 3.36. The summed E-state index contributed by atoms with van der Waals surface area (Å²) in [6.07, 6.45) is 12.4. The summed E-state index contributed by atoms with van der Waals surface area (Å²) in [6, 6.07) is 11.6. The fraction of sp³-hybridized carbons (Fsp3) is 0.300. The van der Waals surface area contributed by atoms with Crippen LogP contribution in [0.1, 0.15) is 44.2 Å². The molecule has 1 heterocycles. The molecule has 1 heteroatoms. The third-order valence-electron chi connectivity index (χ3n) is 2.95. The van der Waals surface area contributed by atoms with E-state index in [1.165, 1.54) is 11.1 Å². The van der Waals surface area contributed by atoms with Gasteiger partial charge in [0.15, 0.2) is 0 Å². The van der Waals surface area contributed by atoms with Crippen LogP contribution in [0.4, 0.5) is 0 Å². The van der Waals surface area contributed by atoms with Gasteiger partial charge in [0.05, 0.1) is 5.70 Å². The lowest BCUT2D eigenvalue weighted by Gasteiger charge is -2.11. The molecular formula is C20H25N. The van der Waals surface area contributed by atoms with Crippen molar-refractivity contribution in [2.75, 3.05) is 0 Å². The van der Waals surface area contributed by atoms with Crippen LogP contribution in [0.5, 0.6) is 0 Å². The third-order valence-corrected chi connectivity index (χ3v) is 2.95. The lowest BCUT2D eigenvalue weighted by molar-refractivity contribution is 0.916. The Kier molecular flexibility index (Phi) is 8.48. The number of benzene rings is 1. The van der Waals surface area contributed by atoms with Crippen LogP contribution >= 0.6 is 0 Å². The third kappa shape index (κ3) is 6.19. The molecule has 1 aromatic carbocycles. The summed E-state index contributed by atoms with van der Waals surface area (Å²) in [5, 5.41) is 3.23. The Bertz CT molecular complexity index is 553. The monoisotopic (exact) mass is 279 g/mol. The summed E-state index contributed by atoms with van der Waals surface area (Å²) in [5.74, 6) is 3.13. The molecule has 1 aromatic rings. The van der Waals surface area contributed by atoms with Crippen molar-refractivity contribution in [1.29, 1.82) is 0 Å². The van der Waals surface area contributed by atoms with E-state index < -0.39 is 0 Å². The molecule has 0 saturated heterocycles. The van der Waals surface area contributed by atoms with Gasteiger partial charge in [-0.15, -0.1) is 6.58 Å². The van der Waals surface area contributed by atoms with E-state index in [0.29, 0.717) is 0 Å². The molecule has 1 nitrogen and oxygen atoms in total. The van der Waals surface area contributed by atoms with Crippen LogP contribution in [0.3, 0.4) is 0 Å². The Hall–Kier alpha value is -2.20. The molecule has 0 atom stereocenters. The van der Waals surface area contributed by atoms with Crippen LogP contribution < -0.4 is 5.32 Å². The van der Waals surface area contributed by atoms with Crippen molar-refractivity contribution in [3.05, 3.63) is 66.3 Å². The molecule has 0 spiro atoms. The first-order valence-electron chi connectivity index (χ1n) is 7.59. The van der Waals surface area contributed by atoms with Crippen molar-refractivity contribution in [3.8, 4) is 12.0 Å². The molecule has 110 valence electrons. The minimum Gasteiger partial charge on any atom is -0.314 e. The number of hydrogen-bond acceptors (Lipinski definition) is 1. The van der Waals surface area contributed by atoms with Crippen LogP contribution in [0.2, 0.25) is 0 Å². The maximum atomic E-state index is 3.36. The van der Waals surface area contributed by atoms with E-state index in [2.05, 4.69) is 73.3 Å². The largest absolute Gasteiger partial charge is 0.314 e. The summed E-state index contributed by atoms with van der Waals surface area (Å²) < 4.78 is 0. The lowest BCUT2D eigenvalue weighted by Crippen LogP contribution is -2.06. The minimum absolute atomic E-state index is 0.918. The zero-order valence-corrected chi connectivity index (χ0v) is 13.2. The average Bonchev–Trinajstić information content (AvgIpc) is 2.63. The van der Waals surface area contributed by atoms with Gasteiger partial charge >= 0.3 is 0 Å². The molecule has 0 aliphatic carbocycles. The second-order valence-electron chi connectivity index (χ2n) is 4.79. The van der Waals surface area contributed by atoms with Gasteiger partial charge in [-0.2, -0.15) is 0 Å². The van der Waals surface area contributed by atoms with Crippen molar-refractivity contribution < 1.29 is 0 Å². The number of nitrogens with one attached hydrogen (secondary N) is 1. The van der Waals surface area contributed by atoms with E-state index in [-0.39, 0.29) is 0 Å². The van der Waals surface area contributed by atoms with Crippen molar-refractivity contribution in [2.24, 2.45) is 0 Å². The zero-order chi connectivity index (χ0) is 15.3. The fourth-order valence-corrected chi connectivity index (χ4v) is 2.06. The van der Waals surface area contributed by atoms with Crippen LogP contribution in [0.25, 0.3) is 5.70 Å². The molecule has 0 aromatic heterocycles. The normalized spacial score (nSPS) is 17.0. The van der Waals surface area contributed by atoms with Crippen LogP contribution in [-0.2, 0) is 6.42 Å². The van der Waals surface area contributed by atoms with Crippen LogP contribution in [0, 0.1) is 12.0 Å². The standard InChI is InChI=1S/C17H19N.C3H6/c1-2-10-15-11-7-8-12-16(15)17-13-6-4-3-5-9-14-18-17;1-3-2/h4,6-8,11-13,18H,2-3,5,10H2,1H3;3H,1H2,2H3/b6-4-,17-13-;. The highest BCUT2D eigenvalue weighted by Gasteiger charge is 2.05. The molecule has 1 aliphatic heterocycles. The Morgan fingerprint density at radius 2 is 2.10 bits per heavy atom. The van der Waals surface area contributed by atoms with Crippen molar-refractivity contribution >= 4 is 5.70 Å². The Morgan fingerprint density at radius 3 is 2.86 bits per heavy atom. The maximum Gasteiger partial charge on any atom is 0.0534 e. The van der Waals surface area contributed by atoms with Gasteiger partial charge in [-0.05, 0) is 31.4 Å². The van der Waals surface area contributed by atoms with Gasteiger partial charge in [-0.3, -0.25) is 0 Å². The highest BCUT2D eigenvalue weighted by Crippen LogP contribution is 2.19. The van der Waals surface area contributed by atoms with Gasteiger partial charge in [0.1, 0.15) is 0 Å². The molecule has 0 radical (unpaired) electrons.